The van der Waals surface area contributed by atoms with Crippen molar-refractivity contribution in [3.63, 3.8) is 0 Å². The summed E-state index contributed by atoms with van der Waals surface area (Å²) < 4.78 is 5.13. The van der Waals surface area contributed by atoms with Crippen LogP contribution in [0.15, 0.2) is 35.8 Å². The molecular formula is C18H19Cl2N5O4. The highest BCUT2D eigenvalue weighted by Gasteiger charge is 2.38. The van der Waals surface area contributed by atoms with Gasteiger partial charge in [-0.2, -0.15) is 4.99 Å². The summed E-state index contributed by atoms with van der Waals surface area (Å²) in [6.45, 7) is 6.94. The van der Waals surface area contributed by atoms with E-state index in [9.17, 15) is 14.4 Å². The minimum Gasteiger partial charge on any atom is -0.449 e. The van der Waals surface area contributed by atoms with E-state index in [1.54, 1.807) is 19.9 Å². The zero-order chi connectivity index (χ0) is 21.7. The number of carbonyl (C=O) groups is 3. The fourth-order valence-electron chi connectivity index (χ4n) is 2.36. The third kappa shape index (κ3) is 5.12. The zero-order valence-electron chi connectivity index (χ0n) is 15.7. The second kappa shape index (κ2) is 9.53. The number of amides is 3. The van der Waals surface area contributed by atoms with Crippen LogP contribution in [0, 0.1) is 5.41 Å². The smallest absolute Gasteiger partial charge is 0.421 e. The van der Waals surface area contributed by atoms with Gasteiger partial charge in [-0.15, -0.1) is 6.58 Å². The van der Waals surface area contributed by atoms with Crippen molar-refractivity contribution in [1.82, 2.24) is 10.2 Å². The van der Waals surface area contributed by atoms with Crippen LogP contribution < -0.4 is 10.2 Å². The highest BCUT2D eigenvalue weighted by atomic mass is 35.5. The first-order chi connectivity index (χ1) is 13.7. The summed E-state index contributed by atoms with van der Waals surface area (Å²) >= 11 is 11.9. The van der Waals surface area contributed by atoms with Crippen LogP contribution in [0.4, 0.5) is 10.5 Å². The van der Waals surface area contributed by atoms with Gasteiger partial charge in [0.1, 0.15) is 0 Å². The molecule has 0 atom stereocenters. The van der Waals surface area contributed by atoms with E-state index in [0.717, 1.165) is 9.80 Å². The Labute approximate surface area is 177 Å². The molecule has 1 fully saturated rings. The van der Waals surface area contributed by atoms with E-state index in [0.29, 0.717) is 6.42 Å². The number of hydrogen-bond acceptors (Lipinski definition) is 5. The lowest BCUT2D eigenvalue weighted by molar-refractivity contribution is -0.140. The van der Waals surface area contributed by atoms with Crippen molar-refractivity contribution in [3.8, 4) is 0 Å². The predicted octanol–water partition coefficient (Wildman–Crippen LogP) is 3.17. The first-order valence-corrected chi connectivity index (χ1v) is 9.27. The average molecular weight is 440 g/mol. The molecular weight excluding hydrogens is 421 g/mol. The average Bonchev–Trinajstić information content (AvgIpc) is 2.92. The molecule has 9 nitrogen and oxygen atoms in total. The first-order valence-electron chi connectivity index (χ1n) is 8.52. The maximum Gasteiger partial charge on any atom is 0.421 e. The van der Waals surface area contributed by atoms with Crippen molar-refractivity contribution in [2.24, 2.45) is 4.99 Å². The van der Waals surface area contributed by atoms with Crippen LogP contribution in [0.2, 0.25) is 10.0 Å². The van der Waals surface area contributed by atoms with Gasteiger partial charge >= 0.3 is 17.9 Å². The number of carbonyl (C=O) groups excluding carboxylic acids is 3. The van der Waals surface area contributed by atoms with Crippen LogP contribution in [-0.4, -0.2) is 47.4 Å². The number of halogens is 2. The SMILES string of the molecule is C=CCCOC(=O)N(C(=N)N=C1NC(=O)C(=O)N1C(C)C)c1ccc(Cl)c(Cl)c1. The minimum atomic E-state index is -0.897. The number of nitrogens with one attached hydrogen (secondary N) is 2. The lowest BCUT2D eigenvalue weighted by atomic mass is 10.3. The van der Waals surface area contributed by atoms with E-state index in [-0.39, 0.29) is 28.3 Å². The molecule has 2 N–H and O–H groups in total. The fraction of sp³-hybridized carbons (Fsp3) is 0.278. The number of benzene rings is 1. The molecule has 0 aromatic heterocycles. The largest absolute Gasteiger partial charge is 0.449 e. The van der Waals surface area contributed by atoms with E-state index in [4.69, 9.17) is 33.3 Å². The number of aliphatic imine (C=N–C) groups is 1. The summed E-state index contributed by atoms with van der Waals surface area (Å²) in [5.74, 6) is -2.44. The highest BCUT2D eigenvalue weighted by Crippen LogP contribution is 2.28. The second-order valence-electron chi connectivity index (χ2n) is 6.11. The highest BCUT2D eigenvalue weighted by molar-refractivity contribution is 6.46. The molecule has 1 aliphatic heterocycles. The van der Waals surface area contributed by atoms with Crippen molar-refractivity contribution in [1.29, 1.82) is 5.41 Å². The topological polar surface area (TPSA) is 115 Å². The predicted molar refractivity (Wildman–Crippen MR) is 110 cm³/mol. The standard InChI is InChI=1S/C18H19Cl2N5O4/c1-4-5-8-29-18(28)25(11-6-7-12(19)13(20)9-11)16(21)23-17-22-14(26)15(27)24(17)10(2)3/h4,6-7,9-10H,1,5,8H2,2-3H3,(H2,21,22,23,26). The van der Waals surface area contributed by atoms with Gasteiger partial charge in [-0.1, -0.05) is 29.3 Å². The molecule has 0 radical (unpaired) electrons. The van der Waals surface area contributed by atoms with Crippen molar-refractivity contribution >= 4 is 58.7 Å². The van der Waals surface area contributed by atoms with Gasteiger partial charge in [0.2, 0.25) is 11.9 Å². The number of anilines is 1. The first kappa shape index (κ1) is 22.4. The van der Waals surface area contributed by atoms with E-state index in [2.05, 4.69) is 16.9 Å². The quantitative estimate of drug-likeness (QED) is 0.241. The second-order valence-corrected chi connectivity index (χ2v) is 6.92. The number of ether oxygens (including phenoxy) is 1. The van der Waals surface area contributed by atoms with Gasteiger partial charge in [0.05, 0.1) is 22.3 Å². The molecule has 2 rings (SSSR count). The molecule has 1 saturated heterocycles. The number of guanidine groups is 2. The van der Waals surface area contributed by atoms with Crippen LogP contribution in [0.25, 0.3) is 0 Å². The van der Waals surface area contributed by atoms with E-state index < -0.39 is 29.9 Å². The van der Waals surface area contributed by atoms with Gasteiger partial charge in [0, 0.05) is 6.04 Å². The summed E-state index contributed by atoms with van der Waals surface area (Å²) in [5, 5.41) is 11.0. The Balaban J connectivity index is 2.41. The lowest BCUT2D eigenvalue weighted by Crippen LogP contribution is -2.42. The Hall–Kier alpha value is -2.91. The Morgan fingerprint density at radius 2 is 2.07 bits per heavy atom. The summed E-state index contributed by atoms with van der Waals surface area (Å²) in [5.41, 5.74) is 0.170. The van der Waals surface area contributed by atoms with Gasteiger partial charge in [-0.05, 0) is 38.5 Å². The molecule has 1 heterocycles. The van der Waals surface area contributed by atoms with Gasteiger partial charge in [-0.25, -0.2) is 9.69 Å². The molecule has 0 spiro atoms. The van der Waals surface area contributed by atoms with E-state index in [1.807, 2.05) is 0 Å². The van der Waals surface area contributed by atoms with Crippen molar-refractivity contribution < 1.29 is 19.1 Å². The molecule has 1 aliphatic rings. The lowest BCUT2D eigenvalue weighted by Gasteiger charge is -2.23. The molecule has 0 aliphatic carbocycles. The third-order valence-corrected chi connectivity index (χ3v) is 4.44. The molecule has 0 unspecified atom stereocenters. The summed E-state index contributed by atoms with van der Waals surface area (Å²) in [4.78, 5) is 42.2. The van der Waals surface area contributed by atoms with Crippen molar-refractivity contribution in [3.05, 3.63) is 40.9 Å². The van der Waals surface area contributed by atoms with Crippen LogP contribution in [0.5, 0.6) is 0 Å². The molecule has 0 saturated carbocycles. The molecule has 3 amide bonds. The van der Waals surface area contributed by atoms with Gasteiger partial charge in [-0.3, -0.25) is 25.2 Å². The van der Waals surface area contributed by atoms with Gasteiger partial charge < -0.3 is 4.74 Å². The van der Waals surface area contributed by atoms with Crippen LogP contribution >= 0.6 is 23.2 Å². The Morgan fingerprint density at radius 1 is 1.38 bits per heavy atom. The van der Waals surface area contributed by atoms with Gasteiger partial charge in [0.15, 0.2) is 0 Å². The molecule has 0 bridgehead atoms. The maximum atomic E-state index is 12.6. The van der Waals surface area contributed by atoms with Crippen LogP contribution in [0.1, 0.15) is 20.3 Å². The zero-order valence-corrected chi connectivity index (χ0v) is 17.3. The number of nitrogens with zero attached hydrogens (tertiary/aromatic N) is 3. The molecule has 11 heteroatoms. The number of rotatable bonds is 5. The van der Waals surface area contributed by atoms with E-state index >= 15 is 0 Å². The normalized spacial score (nSPS) is 14.9. The molecule has 1 aromatic rings. The fourth-order valence-corrected chi connectivity index (χ4v) is 2.66. The monoisotopic (exact) mass is 439 g/mol. The molecule has 29 heavy (non-hydrogen) atoms. The Bertz CT molecular complexity index is 900. The maximum absolute atomic E-state index is 12.6. The van der Waals surface area contributed by atoms with Crippen LogP contribution in [0.3, 0.4) is 0 Å². The minimum absolute atomic E-state index is 0.0390. The van der Waals surface area contributed by atoms with Crippen molar-refractivity contribution in [2.75, 3.05) is 11.5 Å². The Kier molecular flexibility index (Phi) is 7.35. The third-order valence-electron chi connectivity index (χ3n) is 3.70. The summed E-state index contributed by atoms with van der Waals surface area (Å²) in [6.07, 6.45) is 1.09. The summed E-state index contributed by atoms with van der Waals surface area (Å²) in [6, 6.07) is 3.87. The van der Waals surface area contributed by atoms with Gasteiger partial charge in [0.25, 0.3) is 0 Å². The van der Waals surface area contributed by atoms with Crippen LogP contribution in [-0.2, 0) is 14.3 Å². The van der Waals surface area contributed by atoms with E-state index in [1.165, 1.54) is 18.2 Å². The summed E-state index contributed by atoms with van der Waals surface area (Å²) in [7, 11) is 0. The number of hydrogen-bond donors (Lipinski definition) is 2. The van der Waals surface area contributed by atoms with Crippen molar-refractivity contribution in [2.45, 2.75) is 26.3 Å². The molecule has 1 aromatic carbocycles. The Morgan fingerprint density at radius 3 is 2.66 bits per heavy atom. The molecule has 154 valence electrons.